The summed E-state index contributed by atoms with van der Waals surface area (Å²) in [6.45, 7) is 0.825. The van der Waals surface area contributed by atoms with Crippen molar-refractivity contribution >= 4 is 24.8 Å². The van der Waals surface area contributed by atoms with Crippen LogP contribution in [0.15, 0.2) is 12.4 Å². The molecule has 0 bridgehead atoms. The summed E-state index contributed by atoms with van der Waals surface area (Å²) in [5.41, 5.74) is 0.132. The number of aromatic nitrogens is 1. The van der Waals surface area contributed by atoms with Gasteiger partial charge in [-0.2, -0.15) is 0 Å². The Hall–Kier alpha value is -0.450. The summed E-state index contributed by atoms with van der Waals surface area (Å²) in [6.07, 6.45) is 3.86. The molecule has 0 unspecified atom stereocenters. The molecular weight excluding hydrogens is 245 g/mol. The lowest BCUT2D eigenvalue weighted by Crippen LogP contribution is -2.16. The first kappa shape index (κ1) is 14.6. The van der Waals surface area contributed by atoms with E-state index in [-0.39, 0.29) is 36.4 Å². The van der Waals surface area contributed by atoms with Gasteiger partial charge >= 0.3 is 0 Å². The molecule has 0 radical (unpaired) electrons. The van der Waals surface area contributed by atoms with Crippen LogP contribution in [-0.4, -0.2) is 11.5 Å². The van der Waals surface area contributed by atoms with Crippen molar-refractivity contribution in [3.05, 3.63) is 29.6 Å². The minimum atomic E-state index is -0.556. The molecular formula is C9H12Cl2F2N2. The van der Waals surface area contributed by atoms with Crippen LogP contribution in [-0.2, 0) is 0 Å². The van der Waals surface area contributed by atoms with Gasteiger partial charge in [0.1, 0.15) is 11.6 Å². The largest absolute Gasteiger partial charge is 0.310 e. The van der Waals surface area contributed by atoms with Gasteiger partial charge in [0.2, 0.25) is 0 Å². The number of nitrogens with zero attached hydrogens (tertiary/aromatic N) is 1. The van der Waals surface area contributed by atoms with Crippen molar-refractivity contribution in [1.29, 1.82) is 0 Å². The summed E-state index contributed by atoms with van der Waals surface area (Å²) in [4.78, 5) is 3.44. The van der Waals surface area contributed by atoms with E-state index < -0.39 is 11.6 Å². The third-order valence-corrected chi connectivity index (χ3v) is 2.30. The zero-order chi connectivity index (χ0) is 9.26. The highest BCUT2D eigenvalue weighted by Crippen LogP contribution is 2.26. The standard InChI is InChI=1S/C9H10F2N2.2ClH/c10-6-4-12-5-7(11)9(6)8-2-1-3-13-8;;/h4-5,8,13H,1-3H2;2*1H/t8-;;/m0../s1. The van der Waals surface area contributed by atoms with E-state index in [1.165, 1.54) is 0 Å². The highest BCUT2D eigenvalue weighted by Gasteiger charge is 2.22. The van der Waals surface area contributed by atoms with Crippen LogP contribution in [0.3, 0.4) is 0 Å². The van der Waals surface area contributed by atoms with Crippen molar-refractivity contribution in [3.8, 4) is 0 Å². The van der Waals surface area contributed by atoms with Crippen molar-refractivity contribution in [2.45, 2.75) is 18.9 Å². The monoisotopic (exact) mass is 256 g/mol. The molecule has 15 heavy (non-hydrogen) atoms. The third-order valence-electron chi connectivity index (χ3n) is 2.30. The van der Waals surface area contributed by atoms with E-state index in [0.717, 1.165) is 31.8 Å². The first-order valence-electron chi connectivity index (χ1n) is 4.31. The molecule has 1 aliphatic heterocycles. The van der Waals surface area contributed by atoms with Gasteiger partial charge in [0.25, 0.3) is 0 Å². The van der Waals surface area contributed by atoms with E-state index in [0.29, 0.717) is 0 Å². The van der Waals surface area contributed by atoms with Gasteiger partial charge in [-0.1, -0.05) is 0 Å². The lowest BCUT2D eigenvalue weighted by molar-refractivity contribution is 0.500. The van der Waals surface area contributed by atoms with Crippen molar-refractivity contribution in [1.82, 2.24) is 10.3 Å². The number of pyridine rings is 1. The van der Waals surface area contributed by atoms with Gasteiger partial charge in [0.15, 0.2) is 0 Å². The molecule has 0 saturated carbocycles. The van der Waals surface area contributed by atoms with Gasteiger partial charge in [-0.15, -0.1) is 24.8 Å². The first-order chi connectivity index (χ1) is 6.29. The number of nitrogens with one attached hydrogen (secondary N) is 1. The average molecular weight is 257 g/mol. The molecule has 1 N–H and O–H groups in total. The maximum Gasteiger partial charge on any atom is 0.149 e. The Balaban J connectivity index is 0.000000980. The molecule has 6 heteroatoms. The van der Waals surface area contributed by atoms with Crippen molar-refractivity contribution in [2.24, 2.45) is 0 Å². The van der Waals surface area contributed by atoms with Crippen LogP contribution >= 0.6 is 24.8 Å². The Bertz CT molecular complexity index is 297. The molecule has 1 aromatic heterocycles. The lowest BCUT2D eigenvalue weighted by Gasteiger charge is -2.11. The normalized spacial score (nSPS) is 19.2. The number of hydrogen-bond donors (Lipinski definition) is 1. The average Bonchev–Trinajstić information content (AvgIpc) is 2.57. The fraction of sp³-hybridized carbons (Fsp3) is 0.444. The van der Waals surface area contributed by atoms with Gasteiger partial charge in [-0.3, -0.25) is 4.98 Å². The smallest absolute Gasteiger partial charge is 0.149 e. The molecule has 1 aliphatic rings. The molecule has 0 aromatic carbocycles. The molecule has 0 amide bonds. The Morgan fingerprint density at radius 2 is 1.80 bits per heavy atom. The van der Waals surface area contributed by atoms with Crippen LogP contribution in [0, 0.1) is 11.6 Å². The lowest BCUT2D eigenvalue weighted by atomic mass is 10.1. The van der Waals surface area contributed by atoms with Crippen LogP contribution in [0.5, 0.6) is 0 Å². The van der Waals surface area contributed by atoms with Crippen LogP contribution < -0.4 is 5.32 Å². The van der Waals surface area contributed by atoms with E-state index in [2.05, 4.69) is 10.3 Å². The number of rotatable bonds is 1. The van der Waals surface area contributed by atoms with Crippen molar-refractivity contribution < 1.29 is 8.78 Å². The van der Waals surface area contributed by atoms with Crippen LogP contribution in [0.2, 0.25) is 0 Å². The second-order valence-electron chi connectivity index (χ2n) is 3.17. The fourth-order valence-corrected chi connectivity index (χ4v) is 1.69. The van der Waals surface area contributed by atoms with Gasteiger partial charge < -0.3 is 5.32 Å². The number of hydrogen-bond acceptors (Lipinski definition) is 2. The maximum atomic E-state index is 13.2. The second kappa shape index (κ2) is 6.20. The SMILES string of the molecule is Cl.Cl.Fc1cncc(F)c1[C@@H]1CCCN1. The van der Waals surface area contributed by atoms with E-state index in [1.54, 1.807) is 0 Å². The van der Waals surface area contributed by atoms with E-state index >= 15 is 0 Å². The summed E-state index contributed by atoms with van der Waals surface area (Å²) >= 11 is 0. The maximum absolute atomic E-state index is 13.2. The van der Waals surface area contributed by atoms with Crippen molar-refractivity contribution in [2.75, 3.05) is 6.54 Å². The molecule has 2 nitrogen and oxygen atoms in total. The van der Waals surface area contributed by atoms with Gasteiger partial charge in [-0.25, -0.2) is 8.78 Å². The Kier molecular flexibility index (Phi) is 6.02. The second-order valence-corrected chi connectivity index (χ2v) is 3.17. The Morgan fingerprint density at radius 1 is 1.20 bits per heavy atom. The summed E-state index contributed by atoms with van der Waals surface area (Å²) in [5.74, 6) is -1.11. The van der Waals surface area contributed by atoms with Crippen LogP contribution in [0.4, 0.5) is 8.78 Å². The summed E-state index contributed by atoms with van der Waals surface area (Å²) in [7, 11) is 0. The predicted molar refractivity (Wildman–Crippen MR) is 58.6 cm³/mol. The summed E-state index contributed by atoms with van der Waals surface area (Å²) in [6, 6.07) is -0.178. The van der Waals surface area contributed by atoms with E-state index in [1.807, 2.05) is 0 Å². The molecule has 0 aliphatic carbocycles. The summed E-state index contributed by atoms with van der Waals surface area (Å²) in [5, 5.41) is 3.05. The third kappa shape index (κ3) is 3.00. The zero-order valence-electron chi connectivity index (χ0n) is 7.87. The molecule has 1 aromatic rings. The zero-order valence-corrected chi connectivity index (χ0v) is 9.51. The van der Waals surface area contributed by atoms with Crippen LogP contribution in [0.1, 0.15) is 24.4 Å². The fourth-order valence-electron chi connectivity index (χ4n) is 1.69. The first-order valence-corrected chi connectivity index (χ1v) is 4.31. The Morgan fingerprint density at radius 3 is 2.27 bits per heavy atom. The predicted octanol–water partition coefficient (Wildman–Crippen LogP) is 2.63. The molecule has 1 fully saturated rings. The Labute approximate surface area is 99.3 Å². The number of halogens is 4. The topological polar surface area (TPSA) is 24.9 Å². The molecule has 86 valence electrons. The molecule has 1 saturated heterocycles. The highest BCUT2D eigenvalue weighted by molar-refractivity contribution is 5.85. The summed E-state index contributed by atoms with van der Waals surface area (Å²) < 4.78 is 26.3. The molecule has 2 heterocycles. The van der Waals surface area contributed by atoms with E-state index in [4.69, 9.17) is 0 Å². The quantitative estimate of drug-likeness (QED) is 0.836. The van der Waals surface area contributed by atoms with Crippen molar-refractivity contribution in [3.63, 3.8) is 0 Å². The van der Waals surface area contributed by atoms with Gasteiger partial charge in [-0.05, 0) is 19.4 Å². The molecule has 1 atom stereocenters. The molecule has 0 spiro atoms. The van der Waals surface area contributed by atoms with Crippen LogP contribution in [0.25, 0.3) is 0 Å². The minimum absolute atomic E-state index is 0. The molecule has 2 rings (SSSR count). The van der Waals surface area contributed by atoms with Gasteiger partial charge in [0.05, 0.1) is 12.4 Å². The highest BCUT2D eigenvalue weighted by atomic mass is 35.5. The van der Waals surface area contributed by atoms with E-state index in [9.17, 15) is 8.78 Å². The van der Waals surface area contributed by atoms with Gasteiger partial charge in [0, 0.05) is 11.6 Å². The minimum Gasteiger partial charge on any atom is -0.310 e.